The molecular weight excluding hydrogens is 436 g/mol. The molecule has 0 aromatic heterocycles. The molecule has 3 fully saturated rings. The number of ether oxygens (including phenoxy) is 3. The van der Waals surface area contributed by atoms with Crippen LogP contribution in [0.3, 0.4) is 0 Å². The van der Waals surface area contributed by atoms with Crippen LogP contribution in [0.1, 0.15) is 74.1 Å². The molecule has 2 saturated carbocycles. The topological polar surface area (TPSA) is 102 Å². The lowest BCUT2D eigenvalue weighted by Gasteiger charge is -2.61. The van der Waals surface area contributed by atoms with Gasteiger partial charge in [-0.15, -0.1) is 6.58 Å². The summed E-state index contributed by atoms with van der Waals surface area (Å²) in [6.07, 6.45) is 3.29. The number of esters is 2. The highest BCUT2D eigenvalue weighted by Crippen LogP contribution is 2.68. The fraction of sp³-hybridized carbons (Fsp3) is 0.778. The Labute approximate surface area is 203 Å². The molecule has 2 aliphatic carbocycles. The van der Waals surface area contributed by atoms with Gasteiger partial charge in [0.1, 0.15) is 12.2 Å². The van der Waals surface area contributed by atoms with Crippen molar-refractivity contribution in [1.29, 1.82) is 0 Å². The molecule has 7 nitrogen and oxygen atoms in total. The van der Waals surface area contributed by atoms with Gasteiger partial charge >= 0.3 is 11.9 Å². The quantitative estimate of drug-likeness (QED) is 0.327. The van der Waals surface area contributed by atoms with Crippen molar-refractivity contribution in [2.24, 2.45) is 22.7 Å². The van der Waals surface area contributed by atoms with Crippen LogP contribution in [0.2, 0.25) is 0 Å². The Morgan fingerprint density at radius 2 is 1.88 bits per heavy atom. The van der Waals surface area contributed by atoms with Gasteiger partial charge in [-0.25, -0.2) is 4.79 Å². The maximum absolute atomic E-state index is 12.8. The molecule has 1 heterocycles. The minimum absolute atomic E-state index is 0.0358. The van der Waals surface area contributed by atoms with Gasteiger partial charge in [-0.2, -0.15) is 0 Å². The number of hydrogen-bond acceptors (Lipinski definition) is 7. The van der Waals surface area contributed by atoms with E-state index >= 15 is 0 Å². The van der Waals surface area contributed by atoms with E-state index in [9.17, 15) is 19.8 Å². The third-order valence-electron chi connectivity index (χ3n) is 9.09. The Bertz CT molecular complexity index is 859. The second kappa shape index (κ2) is 9.07. The first-order valence-corrected chi connectivity index (χ1v) is 12.3. The maximum Gasteiger partial charge on any atom is 0.333 e. The third kappa shape index (κ3) is 4.35. The zero-order valence-electron chi connectivity index (χ0n) is 21.7. The second-order valence-corrected chi connectivity index (χ2v) is 11.6. The van der Waals surface area contributed by atoms with Gasteiger partial charge in [-0.05, 0) is 65.2 Å². The highest BCUT2D eigenvalue weighted by Gasteiger charge is 2.72. The van der Waals surface area contributed by atoms with Gasteiger partial charge < -0.3 is 24.4 Å². The van der Waals surface area contributed by atoms with Crippen molar-refractivity contribution in [2.75, 3.05) is 6.61 Å². The Hall–Kier alpha value is -1.70. The van der Waals surface area contributed by atoms with Crippen LogP contribution in [-0.2, 0) is 23.8 Å². The van der Waals surface area contributed by atoms with Crippen LogP contribution < -0.4 is 0 Å². The van der Waals surface area contributed by atoms with E-state index in [4.69, 9.17) is 14.2 Å². The predicted octanol–water partition coefficient (Wildman–Crippen LogP) is 3.72. The van der Waals surface area contributed by atoms with Crippen LogP contribution >= 0.6 is 0 Å². The zero-order chi connectivity index (χ0) is 25.7. The largest absolute Gasteiger partial charge is 0.458 e. The Balaban J connectivity index is 2.07. The summed E-state index contributed by atoms with van der Waals surface area (Å²) >= 11 is 0. The molecule has 0 aromatic rings. The lowest BCUT2D eigenvalue weighted by Crippen LogP contribution is -2.66. The molecule has 2 bridgehead atoms. The number of aliphatic hydroxyl groups excluding tert-OH is 1. The van der Waals surface area contributed by atoms with Crippen molar-refractivity contribution in [1.82, 2.24) is 0 Å². The molecule has 1 saturated heterocycles. The Kier molecular flexibility index (Phi) is 7.17. The molecule has 0 aromatic carbocycles. The molecule has 1 spiro atoms. The first-order chi connectivity index (χ1) is 15.6. The maximum atomic E-state index is 12.8. The van der Waals surface area contributed by atoms with Gasteiger partial charge in [-0.3, -0.25) is 4.79 Å². The van der Waals surface area contributed by atoms with Gasteiger partial charge in [0.2, 0.25) is 0 Å². The summed E-state index contributed by atoms with van der Waals surface area (Å²) in [5, 5.41) is 21.9. The van der Waals surface area contributed by atoms with E-state index in [0.29, 0.717) is 37.9 Å². The number of carbonyl (C=O) groups excluding carboxylic acids is 2. The smallest absolute Gasteiger partial charge is 0.333 e. The van der Waals surface area contributed by atoms with Gasteiger partial charge in [0, 0.05) is 23.3 Å². The summed E-state index contributed by atoms with van der Waals surface area (Å²) in [4.78, 5) is 24.9. The molecule has 0 radical (unpaired) electrons. The van der Waals surface area contributed by atoms with Crippen LogP contribution in [0.15, 0.2) is 24.3 Å². The van der Waals surface area contributed by atoms with E-state index in [0.717, 1.165) is 0 Å². The zero-order valence-corrected chi connectivity index (χ0v) is 21.7. The monoisotopic (exact) mass is 478 g/mol. The standard InChI is InChI=1S/C27H42O7/c1-9-16(3)23(30)34-18-14-27-15-32-26(8,19(27)11-12-25(7,31)10-2)21(29)13-20(27)24(5,6)22(18)33-17(4)28/h9-10,18-22,29,31H,2,11-15H2,1,3-8H3. The summed E-state index contributed by atoms with van der Waals surface area (Å²) in [5.41, 5.74) is -2.31. The number of fused-ring (bicyclic) bond motifs is 1. The van der Waals surface area contributed by atoms with Crippen LogP contribution in [0.25, 0.3) is 0 Å². The van der Waals surface area contributed by atoms with Crippen molar-refractivity contribution in [2.45, 2.75) is 104 Å². The van der Waals surface area contributed by atoms with Crippen molar-refractivity contribution in [3.05, 3.63) is 24.3 Å². The number of hydrogen-bond donors (Lipinski definition) is 2. The van der Waals surface area contributed by atoms with E-state index < -0.39 is 52.3 Å². The SMILES string of the molecule is C=CC(C)(O)CCC1C23COC1(C)C(O)CC2C(C)(C)C(OC(C)=O)C(OC(=O)C(C)=CC)C3. The molecule has 2 N–H and O–H groups in total. The van der Waals surface area contributed by atoms with Crippen LogP contribution in [0, 0.1) is 22.7 Å². The van der Waals surface area contributed by atoms with E-state index in [2.05, 4.69) is 6.58 Å². The van der Waals surface area contributed by atoms with E-state index in [1.54, 1.807) is 32.9 Å². The lowest BCUT2D eigenvalue weighted by atomic mass is 9.44. The number of carbonyl (C=O) groups is 2. The van der Waals surface area contributed by atoms with E-state index in [1.165, 1.54) is 6.92 Å². The predicted molar refractivity (Wildman–Crippen MR) is 128 cm³/mol. The second-order valence-electron chi connectivity index (χ2n) is 11.6. The van der Waals surface area contributed by atoms with Crippen LogP contribution in [0.4, 0.5) is 0 Å². The van der Waals surface area contributed by atoms with Crippen molar-refractivity contribution < 1.29 is 34.0 Å². The number of aliphatic hydroxyl groups is 2. The van der Waals surface area contributed by atoms with Gasteiger partial charge in [-0.1, -0.05) is 26.0 Å². The minimum Gasteiger partial charge on any atom is -0.458 e. The summed E-state index contributed by atoms with van der Waals surface area (Å²) < 4.78 is 18.2. The van der Waals surface area contributed by atoms with Crippen LogP contribution in [0.5, 0.6) is 0 Å². The molecule has 3 rings (SSSR count). The number of allylic oxidation sites excluding steroid dienone is 1. The van der Waals surface area contributed by atoms with E-state index in [1.807, 2.05) is 20.8 Å². The molecule has 1 aliphatic heterocycles. The minimum atomic E-state index is -1.04. The van der Waals surface area contributed by atoms with Crippen LogP contribution in [-0.4, -0.2) is 58.3 Å². The fourth-order valence-electron chi connectivity index (χ4n) is 6.94. The number of rotatable bonds is 7. The molecule has 3 aliphatic rings. The molecule has 0 amide bonds. The summed E-state index contributed by atoms with van der Waals surface area (Å²) in [5.74, 6) is -0.979. The normalized spacial score (nSPS) is 40.6. The lowest BCUT2D eigenvalue weighted by molar-refractivity contribution is -0.227. The van der Waals surface area contributed by atoms with Gasteiger partial charge in [0.05, 0.1) is 23.9 Å². The van der Waals surface area contributed by atoms with Gasteiger partial charge in [0.25, 0.3) is 0 Å². The summed E-state index contributed by atoms with van der Waals surface area (Å²) in [6.45, 7) is 16.7. The fourth-order valence-corrected chi connectivity index (χ4v) is 6.94. The summed E-state index contributed by atoms with van der Waals surface area (Å²) in [6, 6.07) is 0. The first kappa shape index (κ1) is 26.9. The molecule has 34 heavy (non-hydrogen) atoms. The molecule has 192 valence electrons. The Morgan fingerprint density at radius 1 is 1.24 bits per heavy atom. The van der Waals surface area contributed by atoms with E-state index in [-0.39, 0.29) is 11.8 Å². The van der Waals surface area contributed by atoms with Crippen molar-refractivity contribution in [3.63, 3.8) is 0 Å². The highest BCUT2D eigenvalue weighted by molar-refractivity contribution is 5.87. The van der Waals surface area contributed by atoms with Gasteiger partial charge in [0.15, 0.2) is 0 Å². The molecular formula is C27H42O7. The third-order valence-corrected chi connectivity index (χ3v) is 9.09. The highest BCUT2D eigenvalue weighted by atomic mass is 16.6. The summed E-state index contributed by atoms with van der Waals surface area (Å²) in [7, 11) is 0. The first-order valence-electron chi connectivity index (χ1n) is 12.3. The average molecular weight is 479 g/mol. The van der Waals surface area contributed by atoms with Crippen molar-refractivity contribution >= 4 is 11.9 Å². The molecule has 8 atom stereocenters. The molecule has 8 unspecified atom stereocenters. The average Bonchev–Trinajstić information content (AvgIpc) is 2.98. The van der Waals surface area contributed by atoms with Crippen molar-refractivity contribution in [3.8, 4) is 0 Å². The Morgan fingerprint density at radius 3 is 2.44 bits per heavy atom. The molecule has 7 heteroatoms.